The molecule has 3 heterocycles. The molecule has 0 radical (unpaired) electrons. The number of thiophene rings is 1. The maximum Gasteiger partial charge on any atom is 0.276 e. The average Bonchev–Trinajstić information content (AvgIpc) is 3.37. The summed E-state index contributed by atoms with van der Waals surface area (Å²) in [4.78, 5) is 15.7. The Labute approximate surface area is 162 Å². The highest BCUT2D eigenvalue weighted by Gasteiger charge is 2.35. The first-order chi connectivity index (χ1) is 12.2. The van der Waals surface area contributed by atoms with Gasteiger partial charge in [-0.2, -0.15) is 0 Å². The minimum atomic E-state index is -0.105. The van der Waals surface area contributed by atoms with E-state index in [0.29, 0.717) is 25.3 Å². The van der Waals surface area contributed by atoms with E-state index in [1.807, 2.05) is 35.7 Å². The van der Waals surface area contributed by atoms with Gasteiger partial charge in [0.25, 0.3) is 5.91 Å². The van der Waals surface area contributed by atoms with E-state index in [9.17, 15) is 4.79 Å². The molecule has 6 nitrogen and oxygen atoms in total. The molecule has 1 aliphatic heterocycles. The quantitative estimate of drug-likeness (QED) is 0.743. The van der Waals surface area contributed by atoms with Gasteiger partial charge in [-0.1, -0.05) is 41.6 Å². The van der Waals surface area contributed by atoms with Crippen LogP contribution in [0.1, 0.15) is 26.8 Å². The number of halogens is 1. The first-order valence-corrected chi connectivity index (χ1v) is 9.11. The molecule has 1 amide bonds. The lowest BCUT2D eigenvalue weighted by Crippen LogP contribution is -2.32. The third-order valence-corrected chi connectivity index (χ3v) is 5.40. The molecule has 26 heavy (non-hydrogen) atoms. The number of benzene rings is 1. The Hall–Kier alpha value is -2.22. The highest BCUT2D eigenvalue weighted by atomic mass is 35.5. The zero-order chi connectivity index (χ0) is 17.2. The number of rotatable bonds is 4. The van der Waals surface area contributed by atoms with Gasteiger partial charge in [0.1, 0.15) is 0 Å². The molecule has 0 spiro atoms. The van der Waals surface area contributed by atoms with Crippen LogP contribution in [0.5, 0.6) is 0 Å². The van der Waals surface area contributed by atoms with Gasteiger partial charge in [-0.25, -0.2) is 4.68 Å². The molecule has 136 valence electrons. The number of nitrogens with two attached hydrogens (primary N) is 1. The minimum absolute atomic E-state index is 0. The standard InChI is InChI=1S/C18H19N5OS.ClH/c19-16-11-22(10-15(16)13-5-2-1-3-6-13)18(24)17-12-23(21-20-17)9-14-7-4-8-25-14;/h1-8,12,15-16H,9-11,19H2;1H/t15-,16+;/m0./s1. The number of carbonyl (C=O) groups excluding carboxylic acids is 1. The summed E-state index contributed by atoms with van der Waals surface area (Å²) in [5.41, 5.74) is 7.82. The highest BCUT2D eigenvalue weighted by molar-refractivity contribution is 7.09. The summed E-state index contributed by atoms with van der Waals surface area (Å²) in [6.45, 7) is 1.78. The number of amides is 1. The van der Waals surface area contributed by atoms with Crippen LogP contribution in [0.3, 0.4) is 0 Å². The lowest BCUT2D eigenvalue weighted by atomic mass is 9.95. The number of hydrogen-bond acceptors (Lipinski definition) is 5. The zero-order valence-corrected chi connectivity index (χ0v) is 15.7. The van der Waals surface area contributed by atoms with E-state index in [4.69, 9.17) is 5.73 Å². The molecule has 0 aliphatic carbocycles. The molecule has 2 aromatic heterocycles. The zero-order valence-electron chi connectivity index (χ0n) is 14.1. The van der Waals surface area contributed by atoms with Crippen molar-refractivity contribution in [3.8, 4) is 0 Å². The molecule has 0 bridgehead atoms. The third-order valence-electron chi connectivity index (χ3n) is 4.54. The van der Waals surface area contributed by atoms with Gasteiger partial charge in [0.2, 0.25) is 0 Å². The predicted molar refractivity (Wildman–Crippen MR) is 104 cm³/mol. The third kappa shape index (κ3) is 3.80. The van der Waals surface area contributed by atoms with Crippen LogP contribution < -0.4 is 5.73 Å². The van der Waals surface area contributed by atoms with Crippen molar-refractivity contribution in [2.24, 2.45) is 5.73 Å². The Morgan fingerprint density at radius 2 is 2.00 bits per heavy atom. The summed E-state index contributed by atoms with van der Waals surface area (Å²) in [5, 5.41) is 10.1. The summed E-state index contributed by atoms with van der Waals surface area (Å²) in [7, 11) is 0. The molecule has 0 unspecified atom stereocenters. The van der Waals surface area contributed by atoms with E-state index in [0.717, 1.165) is 0 Å². The highest BCUT2D eigenvalue weighted by Crippen LogP contribution is 2.27. The number of likely N-dealkylation sites (tertiary alicyclic amines) is 1. The topological polar surface area (TPSA) is 77.0 Å². The van der Waals surface area contributed by atoms with E-state index < -0.39 is 0 Å². The monoisotopic (exact) mass is 389 g/mol. The first kappa shape index (κ1) is 18.6. The second-order valence-corrected chi connectivity index (χ2v) is 7.30. The summed E-state index contributed by atoms with van der Waals surface area (Å²) in [6, 6.07) is 14.1. The second-order valence-electron chi connectivity index (χ2n) is 6.27. The van der Waals surface area contributed by atoms with E-state index >= 15 is 0 Å². The molecule has 2 N–H and O–H groups in total. The molecule has 1 aromatic carbocycles. The fourth-order valence-corrected chi connectivity index (χ4v) is 3.94. The summed E-state index contributed by atoms with van der Waals surface area (Å²) >= 11 is 1.66. The SMILES string of the molecule is Cl.N[C@@H]1CN(C(=O)c2cn(Cc3cccs3)nn2)C[C@H]1c1ccccc1. The Morgan fingerprint density at radius 3 is 2.73 bits per heavy atom. The second kappa shape index (κ2) is 7.99. The van der Waals surface area contributed by atoms with E-state index in [-0.39, 0.29) is 30.3 Å². The van der Waals surface area contributed by atoms with Crippen molar-refractivity contribution in [3.05, 3.63) is 70.2 Å². The maximum absolute atomic E-state index is 12.7. The van der Waals surface area contributed by atoms with Crippen molar-refractivity contribution in [1.29, 1.82) is 0 Å². The predicted octanol–water partition coefficient (Wildman–Crippen LogP) is 2.38. The molecule has 3 aromatic rings. The Morgan fingerprint density at radius 1 is 1.19 bits per heavy atom. The van der Waals surface area contributed by atoms with Crippen LogP contribution in [0, 0.1) is 0 Å². The van der Waals surface area contributed by atoms with Crippen molar-refractivity contribution in [3.63, 3.8) is 0 Å². The van der Waals surface area contributed by atoms with Crippen LogP contribution in [-0.2, 0) is 6.54 Å². The average molecular weight is 390 g/mol. The molecule has 0 saturated carbocycles. The van der Waals surface area contributed by atoms with Crippen LogP contribution in [0.2, 0.25) is 0 Å². The molecule has 1 fully saturated rings. The smallest absolute Gasteiger partial charge is 0.276 e. The van der Waals surface area contributed by atoms with Crippen LogP contribution >= 0.6 is 23.7 Å². The van der Waals surface area contributed by atoms with Gasteiger partial charge in [0.05, 0.1) is 12.7 Å². The van der Waals surface area contributed by atoms with Crippen molar-refractivity contribution in [1.82, 2.24) is 19.9 Å². The normalized spacial score (nSPS) is 19.3. The number of hydrogen-bond donors (Lipinski definition) is 1. The van der Waals surface area contributed by atoms with Gasteiger partial charge < -0.3 is 10.6 Å². The van der Waals surface area contributed by atoms with Gasteiger partial charge >= 0.3 is 0 Å². The summed E-state index contributed by atoms with van der Waals surface area (Å²) in [5.74, 6) is 0.0534. The largest absolute Gasteiger partial charge is 0.335 e. The van der Waals surface area contributed by atoms with Crippen LogP contribution in [0.25, 0.3) is 0 Å². The van der Waals surface area contributed by atoms with E-state index in [1.165, 1.54) is 10.4 Å². The summed E-state index contributed by atoms with van der Waals surface area (Å²) in [6.07, 6.45) is 1.71. The fraction of sp³-hybridized carbons (Fsp3) is 0.278. The number of carbonyl (C=O) groups is 1. The molecule has 1 aliphatic rings. The van der Waals surface area contributed by atoms with Crippen molar-refractivity contribution >= 4 is 29.7 Å². The van der Waals surface area contributed by atoms with Crippen molar-refractivity contribution in [2.45, 2.75) is 18.5 Å². The fourth-order valence-electron chi connectivity index (χ4n) is 3.25. The van der Waals surface area contributed by atoms with Crippen LogP contribution in [0.4, 0.5) is 0 Å². The first-order valence-electron chi connectivity index (χ1n) is 8.23. The van der Waals surface area contributed by atoms with Gasteiger partial charge in [-0.15, -0.1) is 28.8 Å². The molecule has 8 heteroatoms. The van der Waals surface area contributed by atoms with Gasteiger partial charge in [-0.05, 0) is 17.0 Å². The molecule has 4 rings (SSSR count). The number of aromatic nitrogens is 3. The molecule has 2 atom stereocenters. The lowest BCUT2D eigenvalue weighted by molar-refractivity contribution is 0.0783. The molecular formula is C18H20ClN5OS. The molecule has 1 saturated heterocycles. The Bertz CT molecular complexity index is 852. The van der Waals surface area contributed by atoms with Crippen molar-refractivity contribution in [2.75, 3.05) is 13.1 Å². The van der Waals surface area contributed by atoms with Gasteiger partial charge in [0.15, 0.2) is 5.69 Å². The lowest BCUT2D eigenvalue weighted by Gasteiger charge is -2.15. The van der Waals surface area contributed by atoms with E-state index in [1.54, 1.807) is 27.1 Å². The Kier molecular flexibility index (Phi) is 5.70. The van der Waals surface area contributed by atoms with E-state index in [2.05, 4.69) is 22.4 Å². The maximum atomic E-state index is 12.7. The summed E-state index contributed by atoms with van der Waals surface area (Å²) < 4.78 is 1.70. The van der Waals surface area contributed by atoms with Crippen LogP contribution in [0.15, 0.2) is 54.0 Å². The van der Waals surface area contributed by atoms with Crippen molar-refractivity contribution < 1.29 is 4.79 Å². The Balaban J connectivity index is 0.00000196. The molecular weight excluding hydrogens is 370 g/mol. The number of nitrogens with zero attached hydrogens (tertiary/aromatic N) is 4. The van der Waals surface area contributed by atoms with Gasteiger partial charge in [-0.3, -0.25) is 4.79 Å². The van der Waals surface area contributed by atoms with Crippen LogP contribution in [-0.4, -0.2) is 44.9 Å². The van der Waals surface area contributed by atoms with Gasteiger partial charge in [0, 0.05) is 29.9 Å². The minimum Gasteiger partial charge on any atom is -0.335 e.